The molecule has 0 bridgehead atoms. The number of aliphatic hydroxyl groups is 2. The molecule has 0 rings (SSSR count). The van der Waals surface area contributed by atoms with E-state index in [1.54, 1.807) is 0 Å². The Morgan fingerprint density at radius 1 is 0.484 bits per heavy atom. The van der Waals surface area contributed by atoms with Gasteiger partial charge in [-0.1, -0.05) is 91.9 Å². The monoisotopic (exact) mass is 446 g/mol. The topological polar surface area (TPSA) is 115 Å². The van der Waals surface area contributed by atoms with Crippen molar-refractivity contribution in [2.45, 2.75) is 148 Å². The second-order valence-corrected chi connectivity index (χ2v) is 8.86. The van der Waals surface area contributed by atoms with E-state index in [1.807, 2.05) is 6.92 Å². The number of carboxylic acid groups (broad SMARTS) is 2. The molecule has 0 saturated heterocycles. The molecule has 0 aromatic rings. The summed E-state index contributed by atoms with van der Waals surface area (Å²) in [6, 6.07) is 0. The number of carbonyl (C=O) groups is 2. The second-order valence-electron chi connectivity index (χ2n) is 8.86. The minimum absolute atomic E-state index is 0.380. The average Bonchev–Trinajstić information content (AvgIpc) is 2.73. The lowest BCUT2D eigenvalue weighted by molar-refractivity contribution is -0.160. The second kappa shape index (κ2) is 19.5. The van der Waals surface area contributed by atoms with Gasteiger partial charge in [0.2, 0.25) is 0 Å². The third-order valence-corrected chi connectivity index (χ3v) is 5.82. The summed E-state index contributed by atoms with van der Waals surface area (Å²) in [6.07, 6.45) is 14.2. The van der Waals surface area contributed by atoms with Gasteiger partial charge in [0, 0.05) is 0 Å². The lowest BCUT2D eigenvalue weighted by atomic mass is 9.90. The van der Waals surface area contributed by atoms with Crippen molar-refractivity contribution >= 4 is 11.9 Å². The fourth-order valence-corrected chi connectivity index (χ4v) is 3.50. The molecule has 0 aliphatic heterocycles. The van der Waals surface area contributed by atoms with E-state index in [0.29, 0.717) is 25.7 Å². The smallest absolute Gasteiger partial charge is 0.335 e. The molecule has 0 radical (unpaired) electrons. The van der Waals surface area contributed by atoms with Crippen LogP contribution in [0.4, 0.5) is 0 Å². The molecule has 0 aliphatic rings. The minimum atomic E-state index is -1.48. The Labute approximate surface area is 190 Å². The Bertz CT molecular complexity index is 453. The highest BCUT2D eigenvalue weighted by Crippen LogP contribution is 2.23. The van der Waals surface area contributed by atoms with E-state index in [2.05, 4.69) is 20.8 Å². The van der Waals surface area contributed by atoms with Crippen molar-refractivity contribution in [1.82, 2.24) is 0 Å². The third kappa shape index (κ3) is 16.2. The molecule has 6 nitrogen and oxygen atoms in total. The summed E-state index contributed by atoms with van der Waals surface area (Å²) in [5.41, 5.74) is -2.97. The summed E-state index contributed by atoms with van der Waals surface area (Å²) in [5.74, 6) is -2.12. The van der Waals surface area contributed by atoms with Crippen LogP contribution in [0.3, 0.4) is 0 Å². The highest BCUT2D eigenvalue weighted by atomic mass is 16.4. The zero-order chi connectivity index (χ0) is 24.2. The van der Waals surface area contributed by atoms with Crippen molar-refractivity contribution in [1.29, 1.82) is 0 Å². The molecule has 0 aromatic heterocycles. The van der Waals surface area contributed by atoms with Crippen molar-refractivity contribution in [3.05, 3.63) is 0 Å². The summed E-state index contributed by atoms with van der Waals surface area (Å²) in [5, 5.41) is 37.9. The van der Waals surface area contributed by atoms with Crippen LogP contribution in [0.2, 0.25) is 0 Å². The maximum absolute atomic E-state index is 11.0. The van der Waals surface area contributed by atoms with Gasteiger partial charge in [0.15, 0.2) is 11.2 Å². The van der Waals surface area contributed by atoms with Gasteiger partial charge in [0.1, 0.15) is 0 Å². The van der Waals surface area contributed by atoms with Gasteiger partial charge in [-0.25, -0.2) is 9.59 Å². The lowest BCUT2D eigenvalue weighted by Crippen LogP contribution is -2.38. The van der Waals surface area contributed by atoms with Gasteiger partial charge >= 0.3 is 11.9 Å². The molecule has 4 N–H and O–H groups in total. The minimum Gasteiger partial charge on any atom is -0.479 e. The van der Waals surface area contributed by atoms with Gasteiger partial charge in [0.25, 0.3) is 0 Å². The van der Waals surface area contributed by atoms with E-state index in [9.17, 15) is 19.8 Å². The fourth-order valence-electron chi connectivity index (χ4n) is 3.50. The summed E-state index contributed by atoms with van der Waals surface area (Å²) < 4.78 is 0. The lowest BCUT2D eigenvalue weighted by Gasteiger charge is -2.23. The Morgan fingerprint density at radius 3 is 1.03 bits per heavy atom. The fraction of sp³-hybridized carbons (Fsp3) is 0.920. The molecule has 0 spiro atoms. The maximum atomic E-state index is 11.0. The van der Waals surface area contributed by atoms with Gasteiger partial charge in [0.05, 0.1) is 0 Å². The Kier molecular flexibility index (Phi) is 20.2. The van der Waals surface area contributed by atoms with E-state index in [1.165, 1.54) is 0 Å². The van der Waals surface area contributed by atoms with E-state index < -0.39 is 23.1 Å². The van der Waals surface area contributed by atoms with Crippen LogP contribution in [0.15, 0.2) is 0 Å². The molecule has 2 unspecified atom stereocenters. The number of unbranched alkanes of at least 4 members (excludes halogenated alkanes) is 9. The van der Waals surface area contributed by atoms with Gasteiger partial charge < -0.3 is 20.4 Å². The molecule has 0 heterocycles. The number of carboxylic acids is 2. The standard InChI is InChI=1S/C13H26O3.C12H24O3/c1-3-5-7-9-11-13(16,12(14)15)10-8-6-4-2;1-3-5-7-8-10-12(15,11(13)14)9-6-4-2/h16H,3-11H2,1-2H3,(H,14,15);15H,3-10H2,1-2H3,(H,13,14). The van der Waals surface area contributed by atoms with Crippen LogP contribution < -0.4 is 0 Å². The van der Waals surface area contributed by atoms with Crippen molar-refractivity contribution in [2.75, 3.05) is 0 Å². The number of aliphatic carboxylic acids is 2. The normalized spacial score (nSPS) is 14.8. The van der Waals surface area contributed by atoms with Crippen molar-refractivity contribution in [3.8, 4) is 0 Å². The number of hydrogen-bond acceptors (Lipinski definition) is 4. The van der Waals surface area contributed by atoms with E-state index in [-0.39, 0.29) is 0 Å². The SMILES string of the molecule is CCCCCCC(O)(CCCC)C(=O)O.CCCCCCC(O)(CCCCC)C(=O)O. The van der Waals surface area contributed by atoms with E-state index in [0.717, 1.165) is 83.5 Å². The van der Waals surface area contributed by atoms with Crippen LogP contribution in [-0.4, -0.2) is 43.6 Å². The molecule has 0 aliphatic carbocycles. The van der Waals surface area contributed by atoms with E-state index >= 15 is 0 Å². The quantitative estimate of drug-likeness (QED) is 0.173. The molecule has 0 saturated carbocycles. The molecule has 6 heteroatoms. The van der Waals surface area contributed by atoms with Gasteiger partial charge in [-0.2, -0.15) is 0 Å². The summed E-state index contributed by atoms with van der Waals surface area (Å²) in [6.45, 7) is 8.30. The van der Waals surface area contributed by atoms with Crippen LogP contribution >= 0.6 is 0 Å². The zero-order valence-electron chi connectivity index (χ0n) is 20.6. The van der Waals surface area contributed by atoms with Gasteiger partial charge in [-0.3, -0.25) is 0 Å². The first kappa shape index (κ1) is 32.0. The highest BCUT2D eigenvalue weighted by Gasteiger charge is 2.35. The average molecular weight is 447 g/mol. The Morgan fingerprint density at radius 2 is 0.742 bits per heavy atom. The first-order valence-corrected chi connectivity index (χ1v) is 12.5. The van der Waals surface area contributed by atoms with Gasteiger partial charge in [-0.05, 0) is 44.9 Å². The first-order valence-electron chi connectivity index (χ1n) is 12.5. The summed E-state index contributed by atoms with van der Waals surface area (Å²) in [7, 11) is 0. The zero-order valence-corrected chi connectivity index (χ0v) is 20.6. The predicted octanol–water partition coefficient (Wildman–Crippen LogP) is 6.32. The molecule has 2 atom stereocenters. The maximum Gasteiger partial charge on any atom is 0.335 e. The van der Waals surface area contributed by atoms with Crippen molar-refractivity contribution in [3.63, 3.8) is 0 Å². The molecule has 0 aromatic carbocycles. The number of hydrogen-bond donors (Lipinski definition) is 4. The van der Waals surface area contributed by atoms with Crippen molar-refractivity contribution in [2.24, 2.45) is 0 Å². The molecular formula is C25H50O6. The third-order valence-electron chi connectivity index (χ3n) is 5.82. The van der Waals surface area contributed by atoms with E-state index in [4.69, 9.17) is 10.2 Å². The highest BCUT2D eigenvalue weighted by molar-refractivity contribution is 5.77. The van der Waals surface area contributed by atoms with Crippen LogP contribution in [0.1, 0.15) is 137 Å². The largest absolute Gasteiger partial charge is 0.479 e. The van der Waals surface area contributed by atoms with Crippen LogP contribution in [0.5, 0.6) is 0 Å². The first-order chi connectivity index (χ1) is 14.6. The number of rotatable bonds is 19. The van der Waals surface area contributed by atoms with Crippen LogP contribution in [0, 0.1) is 0 Å². The predicted molar refractivity (Wildman–Crippen MR) is 126 cm³/mol. The van der Waals surface area contributed by atoms with Gasteiger partial charge in [-0.15, -0.1) is 0 Å². The molecule has 0 amide bonds. The molecule has 0 fully saturated rings. The summed E-state index contributed by atoms with van der Waals surface area (Å²) >= 11 is 0. The van der Waals surface area contributed by atoms with Crippen molar-refractivity contribution < 1.29 is 30.0 Å². The molecular weight excluding hydrogens is 396 g/mol. The summed E-state index contributed by atoms with van der Waals surface area (Å²) in [4.78, 5) is 22.0. The Hall–Kier alpha value is -1.14. The molecule has 186 valence electrons. The molecule has 31 heavy (non-hydrogen) atoms. The van der Waals surface area contributed by atoms with Crippen LogP contribution in [0.25, 0.3) is 0 Å². The Balaban J connectivity index is 0. The van der Waals surface area contributed by atoms with Crippen LogP contribution in [-0.2, 0) is 9.59 Å².